The third kappa shape index (κ3) is 3.14. The van der Waals surface area contributed by atoms with Crippen LogP contribution in [0.1, 0.15) is 12.8 Å². The van der Waals surface area contributed by atoms with E-state index in [9.17, 15) is 4.79 Å². The van der Waals surface area contributed by atoms with Crippen LogP contribution in [0.2, 0.25) is 0 Å². The second-order valence-electron chi connectivity index (χ2n) is 4.90. The van der Waals surface area contributed by atoms with Crippen molar-refractivity contribution in [1.82, 2.24) is 9.55 Å². The number of aliphatic carboxylic acids is 1. The molecule has 4 nitrogen and oxygen atoms in total. The summed E-state index contributed by atoms with van der Waals surface area (Å²) in [5, 5.41) is 9.63. The molecule has 112 valence electrons. The zero-order chi connectivity index (χ0) is 15.4. The fourth-order valence-corrected chi connectivity index (χ4v) is 3.28. The van der Waals surface area contributed by atoms with Gasteiger partial charge in [0.25, 0.3) is 0 Å². The maximum atomic E-state index is 10.6. The molecular weight excluding hydrogens is 296 g/mol. The van der Waals surface area contributed by atoms with Crippen molar-refractivity contribution < 1.29 is 9.90 Å². The predicted octanol–water partition coefficient (Wildman–Crippen LogP) is 3.98. The molecule has 5 heteroatoms. The van der Waals surface area contributed by atoms with Gasteiger partial charge >= 0.3 is 5.97 Å². The molecule has 0 atom stereocenters. The summed E-state index contributed by atoms with van der Waals surface area (Å²) in [6, 6.07) is 18.1. The molecule has 0 unspecified atom stereocenters. The topological polar surface area (TPSA) is 55.1 Å². The van der Waals surface area contributed by atoms with Crippen molar-refractivity contribution in [2.75, 3.05) is 5.75 Å². The summed E-state index contributed by atoms with van der Waals surface area (Å²) in [6.07, 6.45) is 0.830. The zero-order valence-corrected chi connectivity index (χ0v) is 12.8. The summed E-state index contributed by atoms with van der Waals surface area (Å²) in [5.74, 6) is -0.0141. The molecular formula is C17H16N2O2S. The van der Waals surface area contributed by atoms with Crippen LogP contribution in [0, 0.1) is 0 Å². The van der Waals surface area contributed by atoms with Gasteiger partial charge in [-0.05, 0) is 30.7 Å². The van der Waals surface area contributed by atoms with Gasteiger partial charge in [-0.2, -0.15) is 0 Å². The first-order chi connectivity index (χ1) is 10.8. The Bertz CT molecular complexity index is 784. The molecule has 0 radical (unpaired) electrons. The third-order valence-electron chi connectivity index (χ3n) is 3.31. The van der Waals surface area contributed by atoms with Crippen LogP contribution in [0.4, 0.5) is 0 Å². The Morgan fingerprint density at radius 1 is 1.09 bits per heavy atom. The van der Waals surface area contributed by atoms with Gasteiger partial charge in [0, 0.05) is 17.9 Å². The van der Waals surface area contributed by atoms with Crippen molar-refractivity contribution in [1.29, 1.82) is 0 Å². The SMILES string of the molecule is O=C(O)CCCSc1nc2ccccc2n1-c1ccccc1. The number of hydrogen-bond acceptors (Lipinski definition) is 3. The van der Waals surface area contributed by atoms with Crippen molar-refractivity contribution >= 4 is 28.8 Å². The molecule has 0 aliphatic rings. The summed E-state index contributed by atoms with van der Waals surface area (Å²) in [5.41, 5.74) is 3.08. The van der Waals surface area contributed by atoms with E-state index >= 15 is 0 Å². The van der Waals surface area contributed by atoms with Gasteiger partial charge in [0.15, 0.2) is 5.16 Å². The highest BCUT2D eigenvalue weighted by atomic mass is 32.2. The van der Waals surface area contributed by atoms with Crippen molar-refractivity contribution in [2.24, 2.45) is 0 Å². The van der Waals surface area contributed by atoms with Gasteiger partial charge in [0.1, 0.15) is 0 Å². The molecule has 0 saturated carbocycles. The van der Waals surface area contributed by atoms with Crippen molar-refractivity contribution in [3.8, 4) is 5.69 Å². The summed E-state index contributed by atoms with van der Waals surface area (Å²) in [7, 11) is 0. The lowest BCUT2D eigenvalue weighted by Crippen LogP contribution is -1.98. The summed E-state index contributed by atoms with van der Waals surface area (Å²) < 4.78 is 2.13. The van der Waals surface area contributed by atoms with E-state index in [4.69, 9.17) is 5.11 Å². The summed E-state index contributed by atoms with van der Waals surface area (Å²) in [4.78, 5) is 15.3. The maximum absolute atomic E-state index is 10.6. The van der Waals surface area contributed by atoms with Crippen molar-refractivity contribution in [3.05, 3.63) is 54.6 Å². The first-order valence-electron chi connectivity index (χ1n) is 7.13. The van der Waals surface area contributed by atoms with Crippen LogP contribution in [0.3, 0.4) is 0 Å². The van der Waals surface area contributed by atoms with Crippen LogP contribution >= 0.6 is 11.8 Å². The van der Waals surface area contributed by atoms with Gasteiger partial charge in [0.2, 0.25) is 0 Å². The molecule has 0 fully saturated rings. The van der Waals surface area contributed by atoms with Crippen LogP contribution in [0.25, 0.3) is 16.7 Å². The Morgan fingerprint density at radius 3 is 2.59 bits per heavy atom. The lowest BCUT2D eigenvalue weighted by atomic mass is 10.3. The fraction of sp³-hybridized carbons (Fsp3) is 0.176. The lowest BCUT2D eigenvalue weighted by Gasteiger charge is -2.08. The highest BCUT2D eigenvalue weighted by Crippen LogP contribution is 2.28. The number of carbonyl (C=O) groups is 1. The van der Waals surface area contributed by atoms with Gasteiger partial charge in [-0.3, -0.25) is 9.36 Å². The number of para-hydroxylation sites is 3. The van der Waals surface area contributed by atoms with Crippen molar-refractivity contribution in [2.45, 2.75) is 18.0 Å². The van der Waals surface area contributed by atoms with Crippen LogP contribution in [0.15, 0.2) is 59.8 Å². The molecule has 0 aliphatic carbocycles. The van der Waals surface area contributed by atoms with E-state index in [-0.39, 0.29) is 6.42 Å². The monoisotopic (exact) mass is 312 g/mol. The number of nitrogens with zero attached hydrogens (tertiary/aromatic N) is 2. The van der Waals surface area contributed by atoms with E-state index < -0.39 is 5.97 Å². The molecule has 0 saturated heterocycles. The molecule has 0 bridgehead atoms. The fourth-order valence-electron chi connectivity index (χ4n) is 2.31. The van der Waals surface area contributed by atoms with E-state index in [2.05, 4.69) is 27.8 Å². The number of aromatic nitrogens is 2. The largest absolute Gasteiger partial charge is 0.481 e. The normalized spacial score (nSPS) is 10.9. The van der Waals surface area contributed by atoms with Crippen LogP contribution < -0.4 is 0 Å². The average molecular weight is 312 g/mol. The Morgan fingerprint density at radius 2 is 1.82 bits per heavy atom. The van der Waals surface area contributed by atoms with Gasteiger partial charge in [-0.1, -0.05) is 42.1 Å². The molecule has 0 amide bonds. The number of carboxylic acids is 1. The van der Waals surface area contributed by atoms with E-state index in [0.29, 0.717) is 6.42 Å². The van der Waals surface area contributed by atoms with Gasteiger partial charge in [-0.25, -0.2) is 4.98 Å². The minimum atomic E-state index is -0.753. The number of hydrogen-bond donors (Lipinski definition) is 1. The lowest BCUT2D eigenvalue weighted by molar-refractivity contribution is -0.137. The molecule has 0 spiro atoms. The summed E-state index contributed by atoms with van der Waals surface area (Å²) in [6.45, 7) is 0. The highest BCUT2D eigenvalue weighted by molar-refractivity contribution is 7.99. The number of carboxylic acid groups (broad SMARTS) is 1. The minimum absolute atomic E-state index is 0.193. The molecule has 0 aliphatic heterocycles. The average Bonchev–Trinajstić information content (AvgIpc) is 2.90. The molecule has 1 N–H and O–H groups in total. The first-order valence-corrected chi connectivity index (χ1v) is 8.12. The standard InChI is InChI=1S/C17H16N2O2S/c20-16(21)11-6-12-22-17-18-14-9-4-5-10-15(14)19(17)13-7-2-1-3-8-13/h1-5,7-10H,6,11-12H2,(H,20,21). The van der Waals surface area contributed by atoms with E-state index in [0.717, 1.165) is 27.6 Å². The second kappa shape index (κ2) is 6.66. The molecule has 1 aromatic heterocycles. The molecule has 2 aromatic carbocycles. The smallest absolute Gasteiger partial charge is 0.303 e. The van der Waals surface area contributed by atoms with Gasteiger partial charge in [-0.15, -0.1) is 0 Å². The van der Waals surface area contributed by atoms with E-state index in [1.807, 2.05) is 36.4 Å². The predicted molar refractivity (Wildman–Crippen MR) is 88.7 cm³/mol. The number of fused-ring (bicyclic) bond motifs is 1. The van der Waals surface area contributed by atoms with Gasteiger partial charge in [0.05, 0.1) is 11.0 Å². The molecule has 3 aromatic rings. The highest BCUT2D eigenvalue weighted by Gasteiger charge is 2.12. The number of rotatable bonds is 6. The van der Waals surface area contributed by atoms with Crippen LogP contribution in [-0.4, -0.2) is 26.4 Å². The van der Waals surface area contributed by atoms with E-state index in [1.54, 1.807) is 11.8 Å². The van der Waals surface area contributed by atoms with Gasteiger partial charge < -0.3 is 5.11 Å². The Balaban J connectivity index is 1.93. The van der Waals surface area contributed by atoms with E-state index in [1.165, 1.54) is 0 Å². The molecule has 3 rings (SSSR count). The number of thioether (sulfide) groups is 1. The van der Waals surface area contributed by atoms with Crippen LogP contribution in [0.5, 0.6) is 0 Å². The van der Waals surface area contributed by atoms with Crippen molar-refractivity contribution in [3.63, 3.8) is 0 Å². The Kier molecular flexibility index (Phi) is 4.44. The maximum Gasteiger partial charge on any atom is 0.303 e. The number of imidazole rings is 1. The Labute approximate surface area is 132 Å². The molecule has 22 heavy (non-hydrogen) atoms. The number of benzene rings is 2. The summed E-state index contributed by atoms with van der Waals surface area (Å²) >= 11 is 1.60. The zero-order valence-electron chi connectivity index (χ0n) is 12.0. The quantitative estimate of drug-likeness (QED) is 0.552. The minimum Gasteiger partial charge on any atom is -0.481 e. The van der Waals surface area contributed by atoms with Crippen LogP contribution in [-0.2, 0) is 4.79 Å². The Hall–Kier alpha value is -2.27. The second-order valence-corrected chi connectivity index (χ2v) is 5.96. The third-order valence-corrected chi connectivity index (χ3v) is 4.34. The first kappa shape index (κ1) is 14.7. The molecule has 1 heterocycles.